The highest BCUT2D eigenvalue weighted by Gasteiger charge is 2.35. The number of fused-ring (bicyclic) bond motifs is 1. The normalized spacial score (nSPS) is 17.2. The second-order valence-corrected chi connectivity index (χ2v) is 10.3. The Balaban J connectivity index is 1.52. The molecule has 1 aromatic heterocycles. The van der Waals surface area contributed by atoms with Crippen molar-refractivity contribution in [2.45, 2.75) is 39.0 Å². The summed E-state index contributed by atoms with van der Waals surface area (Å²) in [6, 6.07) is 9.11. The van der Waals surface area contributed by atoms with Gasteiger partial charge < -0.3 is 14.7 Å². The van der Waals surface area contributed by atoms with Crippen molar-refractivity contribution in [1.29, 1.82) is 0 Å². The molecule has 194 valence electrons. The summed E-state index contributed by atoms with van der Waals surface area (Å²) in [6.45, 7) is 6.51. The number of hydrogen-bond donors (Lipinski definition) is 1. The van der Waals surface area contributed by atoms with Crippen LogP contribution in [0.25, 0.3) is 10.2 Å². The van der Waals surface area contributed by atoms with Crippen LogP contribution in [-0.2, 0) is 17.5 Å². The van der Waals surface area contributed by atoms with E-state index in [9.17, 15) is 22.4 Å². The number of carboxylic acids is 1. The van der Waals surface area contributed by atoms with Gasteiger partial charge in [0.25, 0.3) is 0 Å². The third-order valence-electron chi connectivity index (χ3n) is 5.99. The molecule has 1 fully saturated rings. The Bertz CT molecular complexity index is 1230. The summed E-state index contributed by atoms with van der Waals surface area (Å²) in [5.74, 6) is -1.48. The van der Waals surface area contributed by atoms with Gasteiger partial charge in [0, 0.05) is 38.3 Å². The number of aromatic nitrogens is 1. The third-order valence-corrected chi connectivity index (χ3v) is 7.05. The van der Waals surface area contributed by atoms with Crippen molar-refractivity contribution in [3.63, 3.8) is 0 Å². The Hall–Kier alpha value is -2.92. The molecule has 1 atom stereocenters. The molecule has 0 amide bonds. The van der Waals surface area contributed by atoms with E-state index in [1.807, 2.05) is 18.2 Å². The van der Waals surface area contributed by atoms with E-state index in [1.54, 1.807) is 6.07 Å². The highest BCUT2D eigenvalue weighted by atomic mass is 32.1. The summed E-state index contributed by atoms with van der Waals surface area (Å²) in [7, 11) is 0. The van der Waals surface area contributed by atoms with Crippen LogP contribution in [-0.4, -0.2) is 53.2 Å². The minimum absolute atomic E-state index is 0.0812. The molecule has 0 spiro atoms. The first-order valence-corrected chi connectivity index (χ1v) is 12.4. The average molecular weight is 526 g/mol. The Morgan fingerprint density at radius 3 is 2.72 bits per heavy atom. The highest BCUT2D eigenvalue weighted by molar-refractivity contribution is 7.22. The Labute approximate surface area is 210 Å². The van der Waals surface area contributed by atoms with Crippen LogP contribution in [0.4, 0.5) is 22.7 Å². The number of ether oxygens (including phenoxy) is 1. The first-order chi connectivity index (χ1) is 17.0. The molecule has 1 aliphatic rings. The number of carbonyl (C=O) groups is 1. The second-order valence-electron chi connectivity index (χ2n) is 9.34. The van der Waals surface area contributed by atoms with Crippen molar-refractivity contribution in [2.75, 3.05) is 31.1 Å². The molecule has 0 radical (unpaired) electrons. The number of thiazole rings is 1. The fourth-order valence-electron chi connectivity index (χ4n) is 4.47. The van der Waals surface area contributed by atoms with Crippen molar-refractivity contribution in [2.24, 2.45) is 5.92 Å². The molecule has 2 aromatic carbocycles. The van der Waals surface area contributed by atoms with Gasteiger partial charge in [0.15, 0.2) is 11.7 Å². The van der Waals surface area contributed by atoms with Crippen LogP contribution in [0.2, 0.25) is 0 Å². The van der Waals surface area contributed by atoms with E-state index in [1.165, 1.54) is 0 Å². The summed E-state index contributed by atoms with van der Waals surface area (Å²) < 4.78 is 59.2. The number of anilines is 1. The van der Waals surface area contributed by atoms with Crippen LogP contribution in [0.15, 0.2) is 36.4 Å². The van der Waals surface area contributed by atoms with Crippen LogP contribution in [0.3, 0.4) is 0 Å². The fraction of sp³-hybridized carbons (Fsp3) is 0.440. The SMILES string of the molecule is CC(C)C[C@@H]1CN(Cc2cccc(OCC(=O)O)c2)CCN1c1nc2cc(F)c(C(F)(F)F)cc2s1. The zero-order chi connectivity index (χ0) is 26.0. The zero-order valence-electron chi connectivity index (χ0n) is 19.9. The first kappa shape index (κ1) is 26.2. The van der Waals surface area contributed by atoms with E-state index < -0.39 is 30.1 Å². The minimum Gasteiger partial charge on any atom is -0.482 e. The molecule has 0 bridgehead atoms. The molecule has 4 rings (SSSR count). The number of alkyl halides is 3. The molecule has 1 aliphatic heterocycles. The number of aliphatic carboxylic acids is 1. The summed E-state index contributed by atoms with van der Waals surface area (Å²) in [5.41, 5.74) is -0.0579. The van der Waals surface area contributed by atoms with Crippen LogP contribution in [0, 0.1) is 11.7 Å². The fourth-order valence-corrected chi connectivity index (χ4v) is 5.56. The van der Waals surface area contributed by atoms with Crippen molar-refractivity contribution in [3.05, 3.63) is 53.3 Å². The molecule has 0 aliphatic carbocycles. The van der Waals surface area contributed by atoms with E-state index in [2.05, 4.69) is 28.6 Å². The lowest BCUT2D eigenvalue weighted by atomic mass is 10.00. The summed E-state index contributed by atoms with van der Waals surface area (Å²) >= 11 is 1.15. The van der Waals surface area contributed by atoms with Gasteiger partial charge in [-0.3, -0.25) is 4.90 Å². The average Bonchev–Trinajstić information content (AvgIpc) is 3.19. The molecule has 1 N–H and O–H groups in total. The first-order valence-electron chi connectivity index (χ1n) is 11.6. The Kier molecular flexibility index (Phi) is 7.70. The van der Waals surface area contributed by atoms with E-state index in [-0.39, 0.29) is 11.6 Å². The number of halogens is 4. The van der Waals surface area contributed by atoms with Gasteiger partial charge in [-0.05, 0) is 36.1 Å². The predicted octanol–water partition coefficient (Wildman–Crippen LogP) is 5.65. The van der Waals surface area contributed by atoms with E-state index in [0.29, 0.717) is 41.1 Å². The molecule has 11 heteroatoms. The summed E-state index contributed by atoms with van der Waals surface area (Å²) in [5, 5.41) is 9.42. The molecule has 0 saturated carbocycles. The number of benzene rings is 2. The summed E-state index contributed by atoms with van der Waals surface area (Å²) in [6.07, 6.45) is -3.90. The van der Waals surface area contributed by atoms with Gasteiger partial charge in [0.05, 0.1) is 15.8 Å². The van der Waals surface area contributed by atoms with Gasteiger partial charge in [-0.1, -0.05) is 37.3 Å². The van der Waals surface area contributed by atoms with Crippen LogP contribution in [0.1, 0.15) is 31.4 Å². The molecule has 3 aromatic rings. The van der Waals surface area contributed by atoms with Gasteiger partial charge in [-0.15, -0.1) is 0 Å². The molecular formula is C25H27F4N3O3S. The zero-order valence-corrected chi connectivity index (χ0v) is 20.7. The van der Waals surface area contributed by atoms with Crippen molar-refractivity contribution in [1.82, 2.24) is 9.88 Å². The standard InChI is InChI=1S/C25H27F4N3O3S/c1-15(2)8-17-13-31(12-16-4-3-5-18(9-16)35-14-23(33)34)6-7-32(17)24-30-21-11-20(26)19(25(27,28)29)10-22(21)36-24/h3-5,9-11,15,17H,6-8,12-14H2,1-2H3,(H,33,34)/t17-/m1/s1. The van der Waals surface area contributed by atoms with Crippen molar-refractivity contribution in [3.8, 4) is 5.75 Å². The molecular weight excluding hydrogens is 498 g/mol. The highest BCUT2D eigenvalue weighted by Crippen LogP contribution is 2.38. The molecule has 1 saturated heterocycles. The molecule has 6 nitrogen and oxygen atoms in total. The largest absolute Gasteiger partial charge is 0.482 e. The minimum atomic E-state index is -4.76. The predicted molar refractivity (Wildman–Crippen MR) is 130 cm³/mol. The molecule has 2 heterocycles. The lowest BCUT2D eigenvalue weighted by molar-refractivity contribution is -0.140. The number of nitrogens with zero attached hydrogens (tertiary/aromatic N) is 3. The molecule has 36 heavy (non-hydrogen) atoms. The van der Waals surface area contributed by atoms with Crippen molar-refractivity contribution >= 4 is 32.7 Å². The van der Waals surface area contributed by atoms with E-state index in [0.717, 1.165) is 42.0 Å². The number of hydrogen-bond acceptors (Lipinski definition) is 6. The topological polar surface area (TPSA) is 65.9 Å². The second kappa shape index (κ2) is 10.6. The number of carboxylic acid groups (broad SMARTS) is 1. The maximum Gasteiger partial charge on any atom is 0.419 e. The van der Waals surface area contributed by atoms with Gasteiger partial charge in [0.2, 0.25) is 0 Å². The third kappa shape index (κ3) is 6.25. The molecule has 0 unspecified atom stereocenters. The van der Waals surface area contributed by atoms with Crippen molar-refractivity contribution < 1.29 is 32.2 Å². The Morgan fingerprint density at radius 2 is 2.03 bits per heavy atom. The van der Waals surface area contributed by atoms with E-state index in [4.69, 9.17) is 9.84 Å². The van der Waals surface area contributed by atoms with E-state index >= 15 is 0 Å². The number of rotatable bonds is 8. The maximum absolute atomic E-state index is 14.1. The van der Waals surface area contributed by atoms with Gasteiger partial charge in [-0.25, -0.2) is 14.2 Å². The lowest BCUT2D eigenvalue weighted by Gasteiger charge is -2.42. The Morgan fingerprint density at radius 1 is 1.25 bits per heavy atom. The monoisotopic (exact) mass is 525 g/mol. The number of piperazine rings is 1. The smallest absolute Gasteiger partial charge is 0.419 e. The van der Waals surface area contributed by atoms with Gasteiger partial charge in [0.1, 0.15) is 11.6 Å². The van der Waals surface area contributed by atoms with Gasteiger partial charge >= 0.3 is 12.1 Å². The van der Waals surface area contributed by atoms with Crippen LogP contribution < -0.4 is 9.64 Å². The van der Waals surface area contributed by atoms with Crippen LogP contribution in [0.5, 0.6) is 5.75 Å². The lowest BCUT2D eigenvalue weighted by Crippen LogP contribution is -2.53. The quantitative estimate of drug-likeness (QED) is 0.383. The summed E-state index contributed by atoms with van der Waals surface area (Å²) in [4.78, 5) is 19.7. The van der Waals surface area contributed by atoms with Crippen LogP contribution >= 0.6 is 11.3 Å². The maximum atomic E-state index is 14.1. The van der Waals surface area contributed by atoms with Gasteiger partial charge in [-0.2, -0.15) is 13.2 Å².